The van der Waals surface area contributed by atoms with Crippen molar-refractivity contribution in [2.75, 3.05) is 32.6 Å². The maximum absolute atomic E-state index is 14.1. The second kappa shape index (κ2) is 18.7. The van der Waals surface area contributed by atoms with Crippen LogP contribution >= 0.6 is 0 Å². The van der Waals surface area contributed by atoms with Crippen LogP contribution in [0.25, 0.3) is 33.6 Å². The van der Waals surface area contributed by atoms with Gasteiger partial charge >= 0.3 is 12.2 Å². The van der Waals surface area contributed by atoms with Gasteiger partial charge in [0.05, 0.1) is 49.6 Å². The third kappa shape index (κ3) is 8.60. The molecule has 2 aromatic heterocycles. The van der Waals surface area contributed by atoms with E-state index in [-0.39, 0.29) is 45.8 Å². The van der Waals surface area contributed by atoms with E-state index in [9.17, 15) is 27.6 Å². The summed E-state index contributed by atoms with van der Waals surface area (Å²) in [6.07, 6.45) is 11.4. The molecule has 3 aliphatic heterocycles. The zero-order chi connectivity index (χ0) is 48.1. The van der Waals surface area contributed by atoms with Gasteiger partial charge in [0.15, 0.2) is 0 Å². The van der Waals surface area contributed by atoms with Gasteiger partial charge in [-0.25, -0.2) is 14.6 Å². The van der Waals surface area contributed by atoms with Gasteiger partial charge in [-0.05, 0) is 103 Å². The van der Waals surface area contributed by atoms with Gasteiger partial charge in [0.1, 0.15) is 28.6 Å². The molecule has 0 unspecified atom stereocenters. The Labute approximate surface area is 397 Å². The first-order chi connectivity index (χ1) is 32.6. The molecule has 5 aliphatic rings. The number of aromatic amines is 1. The number of hydrogen-bond donors (Lipinski definition) is 4. The van der Waals surface area contributed by atoms with Gasteiger partial charge in [-0.2, -0.15) is 8.42 Å². The largest absolute Gasteiger partial charge is 0.453 e. The van der Waals surface area contributed by atoms with Gasteiger partial charge in [0, 0.05) is 30.4 Å². The number of carbonyl (C=O) groups excluding carboxylic acids is 4. The van der Waals surface area contributed by atoms with Crippen LogP contribution in [-0.4, -0.2) is 108 Å². The zero-order valence-electron chi connectivity index (χ0n) is 39.6. The molecule has 1 saturated carbocycles. The lowest BCUT2D eigenvalue weighted by atomic mass is 9.78. The van der Waals surface area contributed by atoms with Gasteiger partial charge in [-0.3, -0.25) is 14.6 Å². The number of imidazole rings is 1. The summed E-state index contributed by atoms with van der Waals surface area (Å²) in [5.74, 6) is 0.0404. The summed E-state index contributed by atoms with van der Waals surface area (Å²) in [5.41, 5.74) is 8.20. The molecule has 4 aromatic rings. The normalized spacial score (nSPS) is 21.0. The fourth-order valence-electron chi connectivity index (χ4n) is 11.2. The molecular weight excluding hydrogens is 887 g/mol. The van der Waals surface area contributed by atoms with Crippen molar-refractivity contribution in [3.8, 4) is 33.6 Å². The predicted molar refractivity (Wildman–Crippen MR) is 256 cm³/mol. The monoisotopic (exact) mass is 947 g/mol. The number of fused-ring (bicyclic) bond motifs is 3. The van der Waals surface area contributed by atoms with Crippen LogP contribution in [0.5, 0.6) is 0 Å². The second-order valence-corrected chi connectivity index (χ2v) is 21.1. The van der Waals surface area contributed by atoms with Crippen LogP contribution in [-0.2, 0) is 40.9 Å². The Balaban J connectivity index is 0.972. The minimum absolute atomic E-state index is 0.0112. The molecule has 360 valence electrons. The first kappa shape index (κ1) is 46.8. The first-order valence-corrected chi connectivity index (χ1v) is 25.3. The van der Waals surface area contributed by atoms with Crippen molar-refractivity contribution < 1.29 is 37.1 Å². The highest BCUT2D eigenvalue weighted by molar-refractivity contribution is 7.90. The molecule has 5 heterocycles. The number of hydrogen-bond acceptors (Lipinski definition) is 11. The summed E-state index contributed by atoms with van der Waals surface area (Å²) in [7, 11) is -1.64. The molecule has 4 N–H and O–H groups in total. The molecule has 4 atom stereocenters. The first-order valence-electron chi connectivity index (χ1n) is 23.9. The van der Waals surface area contributed by atoms with Crippen LogP contribution in [0.3, 0.4) is 0 Å². The molecule has 17 nitrogen and oxygen atoms in total. The van der Waals surface area contributed by atoms with Crippen molar-refractivity contribution in [2.45, 2.75) is 126 Å². The van der Waals surface area contributed by atoms with E-state index in [2.05, 4.69) is 49.6 Å². The molecule has 18 heteroatoms. The SMILES string of the molecule is COC(=O)N[C@H](C(=O)N1CCC[C@H]1C1=NS(=O)(=O)c2cc(-c3cnc(-c4ccc(-c5cnc([C@@H]6CCCN6C(=O)[C@@H](NC(=O)OC)C(C)C)[nH]5)cc4)c4c3CCC43CCCC3)ccc2N1)C(C)C. The Morgan fingerprint density at radius 1 is 0.750 bits per heavy atom. The minimum atomic E-state index is -4.17. The van der Waals surface area contributed by atoms with Crippen molar-refractivity contribution in [3.63, 3.8) is 0 Å². The van der Waals surface area contributed by atoms with Crippen molar-refractivity contribution in [1.82, 2.24) is 35.4 Å². The van der Waals surface area contributed by atoms with Crippen LogP contribution < -0.4 is 16.0 Å². The molecular formula is C50H61N9O8S. The van der Waals surface area contributed by atoms with Gasteiger partial charge in [-0.1, -0.05) is 70.9 Å². The van der Waals surface area contributed by atoms with Crippen LogP contribution in [0, 0.1) is 11.8 Å². The molecule has 9 rings (SSSR count). The Morgan fingerprint density at radius 2 is 1.34 bits per heavy atom. The maximum Gasteiger partial charge on any atom is 0.407 e. The van der Waals surface area contributed by atoms with E-state index >= 15 is 0 Å². The number of aromatic nitrogens is 3. The number of methoxy groups -OCH3 is 2. The fraction of sp³-hybridized carbons (Fsp3) is 0.500. The molecule has 3 fully saturated rings. The molecule has 2 aromatic carbocycles. The standard InChI is InChI=1S/C50H61N9O8S/c1-28(2)41(55-48(62)66-5)46(60)58-23-9-11-37(58)44-52-27-36(54-44)30-13-15-31(16-14-30)43-40-33(19-22-50(40)20-7-8-21-50)34(26-51-43)32-17-18-35-39(25-32)68(64,65)57-45(53-35)38-12-10-24-59(38)47(61)42(29(3)4)56-49(63)67-6/h13-18,25-29,37-38,41-42H,7-12,19-24H2,1-6H3,(H,52,54)(H,53,57)(H,55,62)(H,56,63)/t37-,38-,41-,42-/m0/s1. The van der Waals surface area contributed by atoms with E-state index < -0.39 is 40.3 Å². The number of nitrogens with zero attached hydrogens (tertiary/aromatic N) is 5. The van der Waals surface area contributed by atoms with E-state index in [1.54, 1.807) is 28.1 Å². The summed E-state index contributed by atoms with van der Waals surface area (Å²) in [4.78, 5) is 68.6. The third-order valence-corrected chi connectivity index (χ3v) is 16.1. The number of likely N-dealkylation sites (tertiary alicyclic amines) is 2. The summed E-state index contributed by atoms with van der Waals surface area (Å²) < 4.78 is 42.0. The highest BCUT2D eigenvalue weighted by atomic mass is 32.2. The highest BCUT2D eigenvalue weighted by Gasteiger charge is 2.45. The van der Waals surface area contributed by atoms with Crippen LogP contribution in [0.15, 0.2) is 64.2 Å². The molecule has 0 radical (unpaired) electrons. The average molecular weight is 948 g/mol. The Morgan fingerprint density at radius 3 is 1.96 bits per heavy atom. The van der Waals surface area contributed by atoms with E-state index in [1.165, 1.54) is 25.3 Å². The number of anilines is 1. The van der Waals surface area contributed by atoms with Crippen molar-refractivity contribution >= 4 is 45.5 Å². The van der Waals surface area contributed by atoms with E-state index in [1.807, 2.05) is 40.0 Å². The van der Waals surface area contributed by atoms with Crippen molar-refractivity contribution in [3.05, 3.63) is 71.8 Å². The zero-order valence-corrected chi connectivity index (χ0v) is 40.4. The number of ether oxygens (including phenoxy) is 2. The topological polar surface area (TPSA) is 217 Å². The van der Waals surface area contributed by atoms with Crippen LogP contribution in [0.4, 0.5) is 15.3 Å². The lowest BCUT2D eigenvalue weighted by Gasteiger charge is -2.32. The minimum Gasteiger partial charge on any atom is -0.453 e. The van der Waals surface area contributed by atoms with Crippen molar-refractivity contribution in [1.29, 1.82) is 0 Å². The number of amides is 4. The highest BCUT2D eigenvalue weighted by Crippen LogP contribution is 2.55. The van der Waals surface area contributed by atoms with Gasteiger partial charge < -0.3 is 40.2 Å². The lowest BCUT2D eigenvalue weighted by Crippen LogP contribution is -2.54. The Kier molecular flexibility index (Phi) is 12.8. The van der Waals surface area contributed by atoms with Crippen molar-refractivity contribution in [2.24, 2.45) is 16.2 Å². The molecule has 0 bridgehead atoms. The third-order valence-electron chi connectivity index (χ3n) is 14.7. The summed E-state index contributed by atoms with van der Waals surface area (Å²) in [6.45, 7) is 8.42. The number of amidine groups is 1. The molecule has 2 aliphatic carbocycles. The van der Waals surface area contributed by atoms with E-state index in [0.717, 1.165) is 85.0 Å². The van der Waals surface area contributed by atoms with Crippen LogP contribution in [0.2, 0.25) is 0 Å². The molecule has 1 spiro atoms. The lowest BCUT2D eigenvalue weighted by molar-refractivity contribution is -0.135. The van der Waals surface area contributed by atoms with E-state index in [0.29, 0.717) is 37.4 Å². The maximum atomic E-state index is 14.1. The summed E-state index contributed by atoms with van der Waals surface area (Å²) in [6, 6.07) is 11.3. The number of carbonyl (C=O) groups is 4. The van der Waals surface area contributed by atoms with E-state index in [4.69, 9.17) is 19.4 Å². The number of alkyl carbamates (subject to hydrolysis) is 2. The predicted octanol–water partition coefficient (Wildman–Crippen LogP) is 7.49. The number of H-pyrrole nitrogens is 1. The number of sulfonamides is 1. The fourth-order valence-corrected chi connectivity index (χ4v) is 12.4. The summed E-state index contributed by atoms with van der Waals surface area (Å²) >= 11 is 0. The molecule has 2 saturated heterocycles. The smallest absolute Gasteiger partial charge is 0.407 e. The average Bonchev–Trinajstić information content (AvgIpc) is 4.20. The number of benzene rings is 2. The molecule has 68 heavy (non-hydrogen) atoms. The van der Waals surface area contributed by atoms with Gasteiger partial charge in [0.25, 0.3) is 10.0 Å². The Bertz CT molecular complexity index is 2760. The number of nitrogens with one attached hydrogen (secondary N) is 4. The second-order valence-electron chi connectivity index (χ2n) is 19.5. The number of pyridine rings is 1. The molecule has 4 amide bonds. The van der Waals surface area contributed by atoms with Gasteiger partial charge in [0.2, 0.25) is 11.8 Å². The summed E-state index contributed by atoms with van der Waals surface area (Å²) in [5, 5.41) is 8.61. The quantitative estimate of drug-likeness (QED) is 0.115. The van der Waals surface area contributed by atoms with Gasteiger partial charge in [-0.15, -0.1) is 4.40 Å². The van der Waals surface area contributed by atoms with Crippen LogP contribution in [0.1, 0.15) is 108 Å². The number of rotatable bonds is 11. The Hall–Kier alpha value is -6.30.